The van der Waals surface area contributed by atoms with Crippen LogP contribution in [0.3, 0.4) is 0 Å². The summed E-state index contributed by atoms with van der Waals surface area (Å²) < 4.78 is 4.87. The third kappa shape index (κ3) is 5.49. The number of rotatable bonds is 7. The van der Waals surface area contributed by atoms with Crippen LogP contribution < -0.4 is 5.32 Å². The standard InChI is InChI=1S/C15H30N2O2/c1-5-8-16-11-13-6-9-17(10-7-13)12-15(2,3)14(18)19-4/h13,16H,5-12H2,1-4H3. The van der Waals surface area contributed by atoms with E-state index in [-0.39, 0.29) is 5.97 Å². The molecule has 0 saturated carbocycles. The van der Waals surface area contributed by atoms with Crippen LogP contribution in [0.15, 0.2) is 0 Å². The molecule has 0 bridgehead atoms. The van der Waals surface area contributed by atoms with E-state index in [2.05, 4.69) is 17.1 Å². The summed E-state index contributed by atoms with van der Waals surface area (Å²) in [6.45, 7) is 11.4. The van der Waals surface area contributed by atoms with Gasteiger partial charge in [0.05, 0.1) is 12.5 Å². The maximum absolute atomic E-state index is 11.7. The summed E-state index contributed by atoms with van der Waals surface area (Å²) in [4.78, 5) is 14.1. The number of esters is 1. The molecule has 1 saturated heterocycles. The zero-order chi connectivity index (χ0) is 14.3. The predicted octanol–water partition coefficient (Wildman–Crippen LogP) is 1.90. The van der Waals surface area contributed by atoms with E-state index in [0.29, 0.717) is 0 Å². The van der Waals surface area contributed by atoms with Gasteiger partial charge in [0.2, 0.25) is 0 Å². The Balaban J connectivity index is 2.28. The molecule has 1 aliphatic heterocycles. The minimum atomic E-state index is -0.401. The zero-order valence-electron chi connectivity index (χ0n) is 13.0. The first-order valence-corrected chi connectivity index (χ1v) is 7.51. The highest BCUT2D eigenvalue weighted by Gasteiger charge is 2.32. The SMILES string of the molecule is CCCNCC1CCN(CC(C)(C)C(=O)OC)CC1. The van der Waals surface area contributed by atoms with Crippen LogP contribution in [-0.4, -0.2) is 50.7 Å². The number of hydrogen-bond acceptors (Lipinski definition) is 4. The second-order valence-corrected chi connectivity index (χ2v) is 6.30. The van der Waals surface area contributed by atoms with Gasteiger partial charge < -0.3 is 15.0 Å². The van der Waals surface area contributed by atoms with E-state index >= 15 is 0 Å². The van der Waals surface area contributed by atoms with Gasteiger partial charge in [0.15, 0.2) is 0 Å². The lowest BCUT2D eigenvalue weighted by atomic mass is 9.90. The number of carbonyl (C=O) groups is 1. The molecule has 4 heteroatoms. The lowest BCUT2D eigenvalue weighted by Crippen LogP contribution is -2.44. The van der Waals surface area contributed by atoms with Crippen LogP contribution in [0, 0.1) is 11.3 Å². The van der Waals surface area contributed by atoms with Crippen molar-refractivity contribution in [3.05, 3.63) is 0 Å². The lowest BCUT2D eigenvalue weighted by molar-refractivity contribution is -0.152. The van der Waals surface area contributed by atoms with Crippen LogP contribution in [0.2, 0.25) is 0 Å². The predicted molar refractivity (Wildman–Crippen MR) is 78.1 cm³/mol. The maximum Gasteiger partial charge on any atom is 0.312 e. The molecule has 1 rings (SSSR count). The Kier molecular flexibility index (Phi) is 6.80. The molecule has 0 spiro atoms. The second kappa shape index (κ2) is 7.85. The quantitative estimate of drug-likeness (QED) is 0.567. The Bertz CT molecular complexity index is 271. The van der Waals surface area contributed by atoms with E-state index in [9.17, 15) is 4.79 Å². The molecule has 112 valence electrons. The third-order valence-corrected chi connectivity index (χ3v) is 3.92. The van der Waals surface area contributed by atoms with Gasteiger partial charge in [0, 0.05) is 6.54 Å². The van der Waals surface area contributed by atoms with E-state index in [4.69, 9.17) is 4.74 Å². The van der Waals surface area contributed by atoms with Crippen molar-refractivity contribution < 1.29 is 9.53 Å². The van der Waals surface area contributed by atoms with Gasteiger partial charge >= 0.3 is 5.97 Å². The molecule has 0 aromatic heterocycles. The number of nitrogens with one attached hydrogen (secondary N) is 1. The molecule has 0 radical (unpaired) electrons. The highest BCUT2D eigenvalue weighted by Crippen LogP contribution is 2.23. The molecule has 0 unspecified atom stereocenters. The highest BCUT2D eigenvalue weighted by atomic mass is 16.5. The van der Waals surface area contributed by atoms with Crippen molar-refractivity contribution in [3.63, 3.8) is 0 Å². The van der Waals surface area contributed by atoms with Gasteiger partial charge in [0.1, 0.15) is 0 Å². The van der Waals surface area contributed by atoms with Crippen molar-refractivity contribution in [2.45, 2.75) is 40.0 Å². The fraction of sp³-hybridized carbons (Fsp3) is 0.933. The van der Waals surface area contributed by atoms with Gasteiger partial charge in [-0.2, -0.15) is 0 Å². The van der Waals surface area contributed by atoms with E-state index in [1.54, 1.807) is 0 Å². The minimum Gasteiger partial charge on any atom is -0.469 e. The Morgan fingerprint density at radius 2 is 2.00 bits per heavy atom. The molecule has 0 atom stereocenters. The van der Waals surface area contributed by atoms with Gasteiger partial charge in [0.25, 0.3) is 0 Å². The average Bonchev–Trinajstić information content (AvgIpc) is 2.39. The fourth-order valence-electron chi connectivity index (χ4n) is 2.73. The highest BCUT2D eigenvalue weighted by molar-refractivity contribution is 5.76. The van der Waals surface area contributed by atoms with Crippen LogP contribution in [0.25, 0.3) is 0 Å². The van der Waals surface area contributed by atoms with Crippen LogP contribution in [0.1, 0.15) is 40.0 Å². The topological polar surface area (TPSA) is 41.6 Å². The number of carbonyl (C=O) groups excluding carboxylic acids is 1. The molecule has 4 nitrogen and oxygen atoms in total. The molecule has 0 aliphatic carbocycles. The molecule has 1 heterocycles. The van der Waals surface area contributed by atoms with Crippen LogP contribution in [0.5, 0.6) is 0 Å². The first-order valence-electron chi connectivity index (χ1n) is 7.51. The normalized spacial score (nSPS) is 18.5. The summed E-state index contributed by atoms with van der Waals surface area (Å²) in [5.41, 5.74) is -0.401. The first-order chi connectivity index (χ1) is 8.99. The molecule has 0 aromatic rings. The number of hydrogen-bond donors (Lipinski definition) is 1. The average molecular weight is 270 g/mol. The summed E-state index contributed by atoms with van der Waals surface area (Å²) in [5.74, 6) is 0.684. The molecule has 0 aromatic carbocycles. The summed E-state index contributed by atoms with van der Waals surface area (Å²) in [6, 6.07) is 0. The molecule has 19 heavy (non-hydrogen) atoms. The molecular formula is C15H30N2O2. The number of likely N-dealkylation sites (tertiary alicyclic amines) is 1. The number of piperidine rings is 1. The summed E-state index contributed by atoms with van der Waals surface area (Å²) in [5, 5.41) is 3.50. The Hall–Kier alpha value is -0.610. The van der Waals surface area contributed by atoms with Crippen molar-refractivity contribution in [3.8, 4) is 0 Å². The second-order valence-electron chi connectivity index (χ2n) is 6.30. The molecular weight excluding hydrogens is 240 g/mol. The maximum atomic E-state index is 11.7. The number of nitrogens with zero attached hydrogens (tertiary/aromatic N) is 1. The van der Waals surface area contributed by atoms with Crippen LogP contribution >= 0.6 is 0 Å². The summed E-state index contributed by atoms with van der Waals surface area (Å²) in [6.07, 6.45) is 3.66. The van der Waals surface area contributed by atoms with Gasteiger partial charge in [-0.05, 0) is 65.2 Å². The Morgan fingerprint density at radius 1 is 1.37 bits per heavy atom. The Morgan fingerprint density at radius 3 is 2.53 bits per heavy atom. The van der Waals surface area contributed by atoms with Crippen LogP contribution in [0.4, 0.5) is 0 Å². The van der Waals surface area contributed by atoms with E-state index < -0.39 is 5.41 Å². The molecule has 1 N–H and O–H groups in total. The smallest absolute Gasteiger partial charge is 0.312 e. The minimum absolute atomic E-state index is 0.112. The number of ether oxygens (including phenoxy) is 1. The number of methoxy groups -OCH3 is 1. The Labute approximate surface area is 117 Å². The largest absolute Gasteiger partial charge is 0.469 e. The van der Waals surface area contributed by atoms with Crippen molar-refractivity contribution in [1.29, 1.82) is 0 Å². The van der Waals surface area contributed by atoms with Crippen LogP contribution in [-0.2, 0) is 9.53 Å². The zero-order valence-corrected chi connectivity index (χ0v) is 13.0. The van der Waals surface area contributed by atoms with Gasteiger partial charge in [-0.15, -0.1) is 0 Å². The van der Waals surface area contributed by atoms with Crippen molar-refractivity contribution in [2.24, 2.45) is 11.3 Å². The molecule has 1 fully saturated rings. The lowest BCUT2D eigenvalue weighted by Gasteiger charge is -2.36. The molecule has 0 amide bonds. The fourth-order valence-corrected chi connectivity index (χ4v) is 2.73. The first kappa shape index (κ1) is 16.4. The van der Waals surface area contributed by atoms with Gasteiger partial charge in [-0.25, -0.2) is 0 Å². The van der Waals surface area contributed by atoms with E-state index in [1.807, 2.05) is 13.8 Å². The van der Waals surface area contributed by atoms with Gasteiger partial charge in [-0.1, -0.05) is 6.92 Å². The van der Waals surface area contributed by atoms with E-state index in [0.717, 1.165) is 38.6 Å². The van der Waals surface area contributed by atoms with Gasteiger partial charge in [-0.3, -0.25) is 4.79 Å². The van der Waals surface area contributed by atoms with Crippen molar-refractivity contribution in [1.82, 2.24) is 10.2 Å². The monoisotopic (exact) mass is 270 g/mol. The van der Waals surface area contributed by atoms with E-state index in [1.165, 1.54) is 26.4 Å². The van der Waals surface area contributed by atoms with Crippen molar-refractivity contribution >= 4 is 5.97 Å². The summed E-state index contributed by atoms with van der Waals surface area (Å²) >= 11 is 0. The summed E-state index contributed by atoms with van der Waals surface area (Å²) in [7, 11) is 1.47. The van der Waals surface area contributed by atoms with Crippen molar-refractivity contribution in [2.75, 3.05) is 39.8 Å². The third-order valence-electron chi connectivity index (χ3n) is 3.92. The molecule has 1 aliphatic rings.